The van der Waals surface area contributed by atoms with E-state index in [-0.39, 0.29) is 43.4 Å². The molecule has 4 aliphatic rings. The molecule has 6 atom stereocenters. The first-order valence-electron chi connectivity index (χ1n) is 23.8. The Hall–Kier alpha value is -5.32. The quantitative estimate of drug-likeness (QED) is 0.207. The summed E-state index contributed by atoms with van der Waals surface area (Å²) in [5.74, 6) is -2.57. The van der Waals surface area contributed by atoms with Gasteiger partial charge in [0.1, 0.15) is 18.1 Å². The first-order valence-corrected chi connectivity index (χ1v) is 23.8. The number of rotatable bonds is 10. The molecule has 6 bridgehead atoms. The molecule has 2 N–H and O–H groups in total. The number of likely N-dealkylation sites (tertiary alicyclic amines) is 1. The van der Waals surface area contributed by atoms with Crippen LogP contribution in [0.2, 0.25) is 0 Å². The molecule has 0 radical (unpaired) electrons. The van der Waals surface area contributed by atoms with Crippen LogP contribution in [0.3, 0.4) is 0 Å². The molecule has 16 heteroatoms. The Morgan fingerprint density at radius 2 is 1.88 bits per heavy atom. The molecule has 6 heterocycles. The topological polar surface area (TPSA) is 168 Å². The number of aryl methyl sites for hydroxylation is 1. The van der Waals surface area contributed by atoms with Gasteiger partial charge in [-0.2, -0.15) is 0 Å². The molecule has 3 aromatic rings. The molecule has 0 saturated carbocycles. The SMILES string of the molecule is C=CC(=O)N1CC[C@H](C(=O)N(C)[C@H](C(=O)NC2C[C@H]3CN(CCCO3)c3ccc4c(c3)c(c(-c3cccnc3[C@H](C)OC)n4CC)CC(C)(C)COC(=O)[C@@H]3CCCN(N3)C2=O)C(C)C)C1. The van der Waals surface area contributed by atoms with E-state index in [9.17, 15) is 24.0 Å². The summed E-state index contributed by atoms with van der Waals surface area (Å²) in [5, 5.41) is 5.61. The van der Waals surface area contributed by atoms with Gasteiger partial charge in [0.25, 0.3) is 5.91 Å². The Morgan fingerprint density at radius 1 is 1.09 bits per heavy atom. The van der Waals surface area contributed by atoms with Crippen molar-refractivity contribution in [1.29, 1.82) is 0 Å². The van der Waals surface area contributed by atoms with Crippen LogP contribution in [0, 0.1) is 17.3 Å². The second-order valence-electron chi connectivity index (χ2n) is 19.6. The first kappa shape index (κ1) is 48.6. The van der Waals surface area contributed by atoms with Crippen LogP contribution in [0.5, 0.6) is 0 Å². The normalized spacial score (nSPS) is 23.7. The van der Waals surface area contributed by atoms with Gasteiger partial charge in [-0.1, -0.05) is 34.3 Å². The lowest BCUT2D eigenvalue weighted by atomic mass is 9.84. The van der Waals surface area contributed by atoms with Crippen molar-refractivity contribution >= 4 is 46.2 Å². The minimum atomic E-state index is -1.06. The molecular formula is C50H70N8O8. The van der Waals surface area contributed by atoms with Gasteiger partial charge in [0.05, 0.1) is 36.1 Å². The van der Waals surface area contributed by atoms with Crippen LogP contribution in [0.15, 0.2) is 49.2 Å². The molecule has 7 rings (SSSR count). The van der Waals surface area contributed by atoms with Crippen molar-refractivity contribution in [3.05, 3.63) is 60.4 Å². The Balaban J connectivity index is 1.26. The highest BCUT2D eigenvalue weighted by Crippen LogP contribution is 2.42. The van der Waals surface area contributed by atoms with Crippen LogP contribution < -0.4 is 15.6 Å². The minimum absolute atomic E-state index is 0.139. The molecule has 3 fully saturated rings. The zero-order valence-electron chi connectivity index (χ0n) is 40.1. The van der Waals surface area contributed by atoms with Crippen LogP contribution in [0.25, 0.3) is 22.2 Å². The number of anilines is 1. The molecular weight excluding hydrogens is 841 g/mol. The van der Waals surface area contributed by atoms with E-state index in [4.69, 9.17) is 19.2 Å². The summed E-state index contributed by atoms with van der Waals surface area (Å²) in [4.78, 5) is 79.7. The molecule has 0 aliphatic carbocycles. The van der Waals surface area contributed by atoms with Crippen LogP contribution in [-0.4, -0.2) is 138 Å². The van der Waals surface area contributed by atoms with Crippen LogP contribution in [0.1, 0.15) is 91.0 Å². The summed E-state index contributed by atoms with van der Waals surface area (Å²) in [6, 6.07) is 7.91. The third-order valence-corrected chi connectivity index (χ3v) is 13.8. The lowest BCUT2D eigenvalue weighted by Crippen LogP contribution is -2.62. The number of nitrogens with one attached hydrogen (secondary N) is 2. The summed E-state index contributed by atoms with van der Waals surface area (Å²) < 4.78 is 20.8. The van der Waals surface area contributed by atoms with Gasteiger partial charge in [-0.05, 0) is 93.8 Å². The molecule has 16 nitrogen and oxygen atoms in total. The zero-order valence-corrected chi connectivity index (χ0v) is 40.1. The van der Waals surface area contributed by atoms with Crippen molar-refractivity contribution in [3.8, 4) is 11.3 Å². The van der Waals surface area contributed by atoms with Crippen LogP contribution >= 0.6 is 0 Å². The lowest BCUT2D eigenvalue weighted by molar-refractivity contribution is -0.156. The summed E-state index contributed by atoms with van der Waals surface area (Å²) in [6.07, 6.45) is 5.32. The van der Waals surface area contributed by atoms with Crippen molar-refractivity contribution in [1.82, 2.24) is 35.1 Å². The number of nitrogens with zero attached hydrogens (tertiary/aromatic N) is 6. The van der Waals surface area contributed by atoms with E-state index >= 15 is 0 Å². The van der Waals surface area contributed by atoms with Crippen molar-refractivity contribution in [2.24, 2.45) is 17.3 Å². The number of pyridine rings is 1. The highest BCUT2D eigenvalue weighted by molar-refractivity contribution is 5.95. The van der Waals surface area contributed by atoms with Crippen molar-refractivity contribution < 1.29 is 38.2 Å². The molecule has 66 heavy (non-hydrogen) atoms. The predicted octanol–water partition coefficient (Wildman–Crippen LogP) is 5.04. The van der Waals surface area contributed by atoms with Gasteiger partial charge < -0.3 is 38.8 Å². The number of likely N-dealkylation sites (N-methyl/N-ethyl adjacent to an activating group) is 1. The molecule has 358 valence electrons. The van der Waals surface area contributed by atoms with Gasteiger partial charge in [-0.3, -0.25) is 34.0 Å². The van der Waals surface area contributed by atoms with E-state index in [2.05, 4.69) is 71.8 Å². The molecule has 0 spiro atoms. The number of hydrogen-bond acceptors (Lipinski definition) is 11. The summed E-state index contributed by atoms with van der Waals surface area (Å²) in [6.45, 7) is 19.2. The maximum Gasteiger partial charge on any atom is 0.324 e. The zero-order chi connectivity index (χ0) is 47.4. The van der Waals surface area contributed by atoms with Crippen LogP contribution in [0.4, 0.5) is 5.69 Å². The standard InChI is InChI=1S/C50H70N8O8/c1-10-42(59)56-23-19-33(28-56)47(61)54(8)44(31(3)4)46(60)52-40-26-35-29-55(21-14-24-65-35)34-17-18-41-37(25-34)38(45(57(41)11-2)36-15-12-20-51-43(36)32(5)64-9)27-50(6,7)30-66-49(63)39-16-13-22-58(53-39)48(40)62/h10,12,15,17-18,20,25,31-33,35,39-40,44,53H,1,11,13-14,16,19,21-24,26-30H2,2-9H3,(H,52,60)/t32-,33-,35-,39-,40?,44-/m0/s1. The number of ether oxygens (including phenoxy) is 3. The molecule has 4 aliphatic heterocycles. The lowest BCUT2D eigenvalue weighted by Gasteiger charge is -2.38. The maximum absolute atomic E-state index is 14.8. The fourth-order valence-corrected chi connectivity index (χ4v) is 10.3. The minimum Gasteiger partial charge on any atom is -0.464 e. The molecule has 3 saturated heterocycles. The van der Waals surface area contributed by atoms with E-state index in [0.717, 1.165) is 52.1 Å². The number of esters is 1. The Bertz CT molecular complexity index is 2290. The third-order valence-electron chi connectivity index (χ3n) is 13.8. The molecule has 1 unspecified atom stereocenters. The molecule has 4 amide bonds. The highest BCUT2D eigenvalue weighted by Gasteiger charge is 2.41. The first-order chi connectivity index (χ1) is 31.5. The van der Waals surface area contributed by atoms with E-state index < -0.39 is 53.3 Å². The van der Waals surface area contributed by atoms with E-state index in [0.29, 0.717) is 58.5 Å². The fourth-order valence-electron chi connectivity index (χ4n) is 10.3. The number of hydrogen-bond donors (Lipinski definition) is 2. The van der Waals surface area contributed by atoms with Crippen molar-refractivity contribution in [2.75, 3.05) is 65.0 Å². The average molecular weight is 911 g/mol. The van der Waals surface area contributed by atoms with Crippen LogP contribution in [-0.2, 0) is 51.1 Å². The molecule has 2 aromatic heterocycles. The third kappa shape index (κ3) is 10.3. The number of carbonyl (C=O) groups is 5. The van der Waals surface area contributed by atoms with Gasteiger partial charge >= 0.3 is 5.97 Å². The smallest absolute Gasteiger partial charge is 0.324 e. The van der Waals surface area contributed by atoms with E-state index in [1.165, 1.54) is 16.0 Å². The number of amides is 4. The highest BCUT2D eigenvalue weighted by atomic mass is 16.5. The Morgan fingerprint density at radius 3 is 2.61 bits per heavy atom. The number of carbonyl (C=O) groups excluding carboxylic acids is 5. The molecule has 1 aromatic carbocycles. The Kier molecular flexibility index (Phi) is 15.2. The van der Waals surface area contributed by atoms with Crippen molar-refractivity contribution in [3.63, 3.8) is 0 Å². The maximum atomic E-state index is 14.8. The summed E-state index contributed by atoms with van der Waals surface area (Å²) in [7, 11) is 3.31. The monoisotopic (exact) mass is 911 g/mol. The van der Waals surface area contributed by atoms with Gasteiger partial charge in [0.15, 0.2) is 0 Å². The number of hydrazine groups is 1. The second-order valence-corrected chi connectivity index (χ2v) is 19.6. The summed E-state index contributed by atoms with van der Waals surface area (Å²) in [5.41, 5.74) is 8.77. The Labute approximate surface area is 389 Å². The van der Waals surface area contributed by atoms with Gasteiger partial charge in [-0.25, -0.2) is 5.43 Å². The second kappa shape index (κ2) is 20.7. The largest absolute Gasteiger partial charge is 0.464 e. The number of benzene rings is 1. The van der Waals surface area contributed by atoms with Gasteiger partial charge in [-0.15, -0.1) is 0 Å². The predicted molar refractivity (Wildman–Crippen MR) is 252 cm³/mol. The van der Waals surface area contributed by atoms with Gasteiger partial charge in [0, 0.05) is 100 Å². The van der Waals surface area contributed by atoms with E-state index in [1.54, 1.807) is 25.3 Å². The van der Waals surface area contributed by atoms with E-state index in [1.807, 2.05) is 26.8 Å². The average Bonchev–Trinajstić information content (AvgIpc) is 3.84. The fraction of sp³-hybridized carbons (Fsp3) is 0.600. The number of aromatic nitrogens is 2. The van der Waals surface area contributed by atoms with Gasteiger partial charge in [0.2, 0.25) is 17.7 Å². The van der Waals surface area contributed by atoms with Crippen molar-refractivity contribution in [2.45, 2.75) is 117 Å². The summed E-state index contributed by atoms with van der Waals surface area (Å²) >= 11 is 0. The number of fused-ring (bicyclic) bond motifs is 6. The number of cyclic esters (lactones) is 1. The number of methoxy groups -OCH3 is 1.